The Hall–Kier alpha value is -0.510. The first-order valence-electron chi connectivity index (χ1n) is 6.34. The van der Waals surface area contributed by atoms with E-state index in [1.165, 1.54) is 10.5 Å². The van der Waals surface area contributed by atoms with Gasteiger partial charge in [0.05, 0.1) is 0 Å². The molecule has 1 rings (SSSR count). The Kier molecular flexibility index (Phi) is 6.63. The lowest BCUT2D eigenvalue weighted by molar-refractivity contribution is 0.465. The molecule has 1 aromatic rings. The van der Waals surface area contributed by atoms with E-state index in [0.717, 1.165) is 12.2 Å². The third kappa shape index (κ3) is 4.70. The van der Waals surface area contributed by atoms with Crippen LogP contribution in [0.25, 0.3) is 0 Å². The third-order valence-electron chi connectivity index (χ3n) is 3.11. The molecule has 1 atom stereocenters. The molecule has 0 aliphatic heterocycles. The van der Waals surface area contributed by atoms with Crippen molar-refractivity contribution < 1.29 is 0 Å². The molecule has 0 aliphatic carbocycles. The molecule has 3 heteroatoms. The molecule has 0 saturated heterocycles. The second-order valence-electron chi connectivity index (χ2n) is 4.48. The van der Waals surface area contributed by atoms with E-state index in [-0.39, 0.29) is 0 Å². The molecule has 17 heavy (non-hydrogen) atoms. The lowest BCUT2D eigenvalue weighted by atomic mass is 9.90. The number of thioether (sulfide) groups is 1. The highest BCUT2D eigenvalue weighted by Crippen LogP contribution is 2.25. The monoisotopic (exact) mass is 252 g/mol. The van der Waals surface area contributed by atoms with Crippen molar-refractivity contribution in [1.82, 2.24) is 0 Å². The number of hydrogen-bond donors (Lipinski definition) is 2. The van der Waals surface area contributed by atoms with Crippen LogP contribution >= 0.6 is 11.8 Å². The fraction of sp³-hybridized carbons (Fsp3) is 0.571. The number of hydrogen-bond acceptors (Lipinski definition) is 3. The van der Waals surface area contributed by atoms with Crippen LogP contribution in [0.2, 0.25) is 0 Å². The molecule has 4 N–H and O–H groups in total. The van der Waals surface area contributed by atoms with Crippen molar-refractivity contribution in [2.45, 2.75) is 31.1 Å². The van der Waals surface area contributed by atoms with Gasteiger partial charge >= 0.3 is 0 Å². The zero-order valence-electron chi connectivity index (χ0n) is 10.9. The summed E-state index contributed by atoms with van der Waals surface area (Å²) in [5.74, 6) is 2.10. The summed E-state index contributed by atoms with van der Waals surface area (Å²) in [7, 11) is 0. The Morgan fingerprint density at radius 3 is 2.18 bits per heavy atom. The van der Waals surface area contributed by atoms with Crippen molar-refractivity contribution in [3.05, 3.63) is 29.8 Å². The van der Waals surface area contributed by atoms with Crippen LogP contribution in [0.5, 0.6) is 0 Å². The van der Waals surface area contributed by atoms with Crippen LogP contribution in [-0.4, -0.2) is 18.8 Å². The summed E-state index contributed by atoms with van der Waals surface area (Å²) in [6.07, 6.45) is 1.08. The summed E-state index contributed by atoms with van der Waals surface area (Å²) in [6, 6.07) is 8.87. The SMILES string of the molecule is CCSc1ccc(C(C)CC(CN)CN)cc1. The summed E-state index contributed by atoms with van der Waals surface area (Å²) >= 11 is 1.88. The molecule has 0 aromatic heterocycles. The van der Waals surface area contributed by atoms with E-state index in [9.17, 15) is 0 Å². The fourth-order valence-electron chi connectivity index (χ4n) is 1.98. The maximum absolute atomic E-state index is 5.69. The van der Waals surface area contributed by atoms with Gasteiger partial charge in [0, 0.05) is 4.90 Å². The largest absolute Gasteiger partial charge is 0.330 e. The Bertz CT molecular complexity index is 307. The van der Waals surface area contributed by atoms with Crippen LogP contribution in [0.3, 0.4) is 0 Å². The summed E-state index contributed by atoms with van der Waals surface area (Å²) < 4.78 is 0. The average molecular weight is 252 g/mol. The van der Waals surface area contributed by atoms with Gasteiger partial charge in [-0.2, -0.15) is 0 Å². The Labute approximate surface area is 109 Å². The van der Waals surface area contributed by atoms with Gasteiger partial charge in [-0.15, -0.1) is 11.8 Å². The molecule has 0 radical (unpaired) electrons. The molecule has 0 bridgehead atoms. The van der Waals surface area contributed by atoms with E-state index in [1.54, 1.807) is 0 Å². The van der Waals surface area contributed by atoms with Gasteiger partial charge in [0.25, 0.3) is 0 Å². The first-order valence-corrected chi connectivity index (χ1v) is 7.32. The highest BCUT2D eigenvalue weighted by molar-refractivity contribution is 7.99. The van der Waals surface area contributed by atoms with Crippen molar-refractivity contribution in [2.24, 2.45) is 17.4 Å². The lowest BCUT2D eigenvalue weighted by Crippen LogP contribution is -2.24. The second-order valence-corrected chi connectivity index (χ2v) is 5.81. The maximum atomic E-state index is 5.69. The molecule has 0 amide bonds. The van der Waals surface area contributed by atoms with Crippen LogP contribution in [0, 0.1) is 5.92 Å². The number of nitrogens with two attached hydrogens (primary N) is 2. The zero-order valence-corrected chi connectivity index (χ0v) is 11.7. The standard InChI is InChI=1S/C14H24N2S/c1-3-17-14-6-4-13(5-7-14)11(2)8-12(9-15)10-16/h4-7,11-12H,3,8-10,15-16H2,1-2H3. The van der Waals surface area contributed by atoms with E-state index in [1.807, 2.05) is 11.8 Å². The van der Waals surface area contributed by atoms with Crippen LogP contribution < -0.4 is 11.5 Å². The van der Waals surface area contributed by atoms with E-state index in [2.05, 4.69) is 38.1 Å². The van der Waals surface area contributed by atoms with Gasteiger partial charge in [-0.1, -0.05) is 26.0 Å². The minimum Gasteiger partial charge on any atom is -0.330 e. The Balaban J connectivity index is 2.59. The van der Waals surface area contributed by atoms with Crippen LogP contribution in [0.4, 0.5) is 0 Å². The van der Waals surface area contributed by atoms with Gasteiger partial charge in [-0.05, 0) is 54.8 Å². The quantitative estimate of drug-likeness (QED) is 0.734. The maximum Gasteiger partial charge on any atom is 0.00720 e. The van der Waals surface area contributed by atoms with E-state index in [0.29, 0.717) is 24.9 Å². The molecular formula is C14H24N2S. The highest BCUT2D eigenvalue weighted by atomic mass is 32.2. The summed E-state index contributed by atoms with van der Waals surface area (Å²) in [6.45, 7) is 5.80. The van der Waals surface area contributed by atoms with E-state index >= 15 is 0 Å². The summed E-state index contributed by atoms with van der Waals surface area (Å²) in [5, 5.41) is 0. The van der Waals surface area contributed by atoms with Crippen molar-refractivity contribution >= 4 is 11.8 Å². The summed E-state index contributed by atoms with van der Waals surface area (Å²) in [5.41, 5.74) is 12.8. The van der Waals surface area contributed by atoms with E-state index < -0.39 is 0 Å². The Morgan fingerprint density at radius 1 is 1.12 bits per heavy atom. The highest BCUT2D eigenvalue weighted by Gasteiger charge is 2.12. The first-order chi connectivity index (χ1) is 8.21. The molecule has 0 fully saturated rings. The van der Waals surface area contributed by atoms with Crippen molar-refractivity contribution in [2.75, 3.05) is 18.8 Å². The van der Waals surface area contributed by atoms with Gasteiger partial charge in [-0.3, -0.25) is 0 Å². The van der Waals surface area contributed by atoms with Crippen LogP contribution in [-0.2, 0) is 0 Å². The van der Waals surface area contributed by atoms with Gasteiger partial charge in [0.2, 0.25) is 0 Å². The third-order valence-corrected chi connectivity index (χ3v) is 4.01. The summed E-state index contributed by atoms with van der Waals surface area (Å²) in [4.78, 5) is 1.35. The minimum atomic E-state index is 0.440. The molecule has 2 nitrogen and oxygen atoms in total. The average Bonchev–Trinajstić information content (AvgIpc) is 2.37. The topological polar surface area (TPSA) is 52.0 Å². The molecule has 1 aromatic carbocycles. The van der Waals surface area contributed by atoms with Crippen molar-refractivity contribution in [3.8, 4) is 0 Å². The normalized spacial score (nSPS) is 13.0. The minimum absolute atomic E-state index is 0.440. The smallest absolute Gasteiger partial charge is 0.00720 e. The number of rotatable bonds is 7. The zero-order chi connectivity index (χ0) is 12.7. The predicted molar refractivity (Wildman–Crippen MR) is 77.5 cm³/mol. The van der Waals surface area contributed by atoms with Crippen LogP contribution in [0.1, 0.15) is 31.7 Å². The van der Waals surface area contributed by atoms with Gasteiger partial charge in [0.15, 0.2) is 0 Å². The number of benzene rings is 1. The molecular weight excluding hydrogens is 228 g/mol. The molecule has 0 spiro atoms. The van der Waals surface area contributed by atoms with E-state index in [4.69, 9.17) is 11.5 Å². The van der Waals surface area contributed by atoms with Crippen molar-refractivity contribution in [3.63, 3.8) is 0 Å². The first kappa shape index (κ1) is 14.6. The molecule has 0 heterocycles. The second kappa shape index (κ2) is 7.75. The molecule has 0 aliphatic rings. The van der Waals surface area contributed by atoms with Gasteiger partial charge < -0.3 is 11.5 Å². The molecule has 0 saturated carbocycles. The van der Waals surface area contributed by atoms with Crippen LogP contribution in [0.15, 0.2) is 29.2 Å². The van der Waals surface area contributed by atoms with Gasteiger partial charge in [0.1, 0.15) is 0 Å². The molecule has 1 unspecified atom stereocenters. The molecule has 96 valence electrons. The van der Waals surface area contributed by atoms with Crippen molar-refractivity contribution in [1.29, 1.82) is 0 Å². The predicted octanol–water partition coefficient (Wildman–Crippen LogP) is 2.83. The fourth-order valence-corrected chi connectivity index (χ4v) is 2.65. The lowest BCUT2D eigenvalue weighted by Gasteiger charge is -2.18. The van der Waals surface area contributed by atoms with Gasteiger partial charge in [-0.25, -0.2) is 0 Å². The Morgan fingerprint density at radius 2 is 1.71 bits per heavy atom.